The molecule has 0 radical (unpaired) electrons. The molecule has 0 spiro atoms. The Kier molecular flexibility index (Phi) is 12.0. The molecule has 0 amide bonds. The predicted octanol–water partition coefficient (Wildman–Crippen LogP) is 2.52. The number of nitrogens with zero attached hydrogens (tertiary/aromatic N) is 3. The van der Waals surface area contributed by atoms with E-state index >= 15 is 0 Å². The summed E-state index contributed by atoms with van der Waals surface area (Å²) < 4.78 is 0. The van der Waals surface area contributed by atoms with Crippen LogP contribution in [-0.2, 0) is 0 Å². The van der Waals surface area contributed by atoms with E-state index in [0.29, 0.717) is 6.04 Å². The van der Waals surface area contributed by atoms with Crippen LogP contribution in [-0.4, -0.2) is 74.7 Å². The number of nitrogens with one attached hydrogen (secondary N) is 2. The molecular formula is C18H38IN5. The summed E-state index contributed by atoms with van der Waals surface area (Å²) in [5, 5.41) is 7.09. The largest absolute Gasteiger partial charge is 0.356 e. The van der Waals surface area contributed by atoms with Crippen LogP contribution in [0.5, 0.6) is 0 Å². The highest BCUT2D eigenvalue weighted by Gasteiger charge is 2.19. The standard InChI is InChI=1S/C18H37N5.HI/c1-3-11-22-15-8-17(9-16-22)21-18(19-2)20-10-4-5-12-23-13-6-7-14-23;/h17H,3-16H2,1-2H3,(H2,19,20,21);1H. The van der Waals surface area contributed by atoms with E-state index in [1.165, 1.54) is 84.2 Å². The fourth-order valence-corrected chi connectivity index (χ4v) is 3.68. The smallest absolute Gasteiger partial charge is 0.191 e. The van der Waals surface area contributed by atoms with E-state index in [0.717, 1.165) is 12.5 Å². The SMILES string of the molecule is CCCN1CCC(NC(=NC)NCCCCN2CCCC2)CC1.I. The monoisotopic (exact) mass is 451 g/mol. The Morgan fingerprint density at radius 3 is 2.29 bits per heavy atom. The number of guanidine groups is 1. The molecule has 6 heteroatoms. The molecule has 2 N–H and O–H groups in total. The second kappa shape index (κ2) is 13.2. The van der Waals surface area contributed by atoms with Crippen molar-refractivity contribution >= 4 is 29.9 Å². The second-order valence-corrected chi connectivity index (χ2v) is 7.02. The molecule has 2 fully saturated rings. The highest BCUT2D eigenvalue weighted by atomic mass is 127. The Balaban J connectivity index is 0.00000288. The minimum Gasteiger partial charge on any atom is -0.356 e. The molecule has 0 bridgehead atoms. The average molecular weight is 451 g/mol. The van der Waals surface area contributed by atoms with Gasteiger partial charge in [-0.15, -0.1) is 24.0 Å². The quantitative estimate of drug-likeness (QED) is 0.258. The first-order valence-electron chi connectivity index (χ1n) is 9.73. The molecule has 2 heterocycles. The number of halogens is 1. The first kappa shape index (κ1) is 22.0. The zero-order chi connectivity index (χ0) is 16.3. The second-order valence-electron chi connectivity index (χ2n) is 7.02. The maximum absolute atomic E-state index is 4.38. The molecule has 0 unspecified atom stereocenters. The lowest BCUT2D eigenvalue weighted by atomic mass is 10.1. The van der Waals surface area contributed by atoms with Crippen molar-refractivity contribution in [2.75, 3.05) is 52.9 Å². The fourth-order valence-electron chi connectivity index (χ4n) is 3.68. The lowest BCUT2D eigenvalue weighted by Crippen LogP contribution is -2.48. The Bertz CT molecular complexity index is 336. The minimum absolute atomic E-state index is 0. The van der Waals surface area contributed by atoms with Gasteiger partial charge in [0.2, 0.25) is 0 Å². The first-order chi connectivity index (χ1) is 11.3. The number of unbranched alkanes of at least 4 members (excludes halogenated alkanes) is 1. The van der Waals surface area contributed by atoms with Crippen LogP contribution in [0.4, 0.5) is 0 Å². The number of hydrogen-bond acceptors (Lipinski definition) is 3. The molecule has 2 saturated heterocycles. The number of rotatable bonds is 8. The molecule has 2 aliphatic heterocycles. The number of hydrogen-bond donors (Lipinski definition) is 2. The van der Waals surface area contributed by atoms with E-state index in [1.54, 1.807) is 0 Å². The number of aliphatic imine (C=N–C) groups is 1. The van der Waals surface area contributed by atoms with Gasteiger partial charge in [0.15, 0.2) is 5.96 Å². The van der Waals surface area contributed by atoms with Crippen molar-refractivity contribution in [3.63, 3.8) is 0 Å². The van der Waals surface area contributed by atoms with Crippen molar-refractivity contribution in [2.45, 2.75) is 57.9 Å². The molecule has 0 aliphatic carbocycles. The average Bonchev–Trinajstić information content (AvgIpc) is 3.09. The summed E-state index contributed by atoms with van der Waals surface area (Å²) in [7, 11) is 1.88. The van der Waals surface area contributed by atoms with Gasteiger partial charge in [0.05, 0.1) is 0 Å². The van der Waals surface area contributed by atoms with E-state index in [2.05, 4.69) is 32.3 Å². The van der Waals surface area contributed by atoms with Crippen molar-refractivity contribution in [1.29, 1.82) is 0 Å². The van der Waals surface area contributed by atoms with E-state index in [1.807, 2.05) is 7.05 Å². The fraction of sp³-hybridized carbons (Fsp3) is 0.944. The molecule has 142 valence electrons. The molecule has 0 atom stereocenters. The molecule has 24 heavy (non-hydrogen) atoms. The van der Waals surface area contributed by atoms with E-state index in [4.69, 9.17) is 0 Å². The molecule has 0 aromatic heterocycles. The summed E-state index contributed by atoms with van der Waals surface area (Å²) in [5.74, 6) is 0.986. The molecule has 2 aliphatic rings. The van der Waals surface area contributed by atoms with Crippen LogP contribution >= 0.6 is 24.0 Å². The molecular weight excluding hydrogens is 413 g/mol. The van der Waals surface area contributed by atoms with Gasteiger partial charge in [0.1, 0.15) is 0 Å². The summed E-state index contributed by atoms with van der Waals surface area (Å²) in [4.78, 5) is 9.55. The van der Waals surface area contributed by atoms with Crippen molar-refractivity contribution in [3.05, 3.63) is 0 Å². The topological polar surface area (TPSA) is 42.9 Å². The molecule has 0 aromatic rings. The third-order valence-corrected chi connectivity index (χ3v) is 5.08. The van der Waals surface area contributed by atoms with Gasteiger partial charge < -0.3 is 20.4 Å². The van der Waals surface area contributed by atoms with Crippen LogP contribution in [0.15, 0.2) is 4.99 Å². The maximum atomic E-state index is 4.38. The van der Waals surface area contributed by atoms with Crippen LogP contribution in [0.1, 0.15) is 51.9 Å². The van der Waals surface area contributed by atoms with Gasteiger partial charge in [-0.25, -0.2) is 0 Å². The van der Waals surface area contributed by atoms with Crippen LogP contribution in [0.3, 0.4) is 0 Å². The van der Waals surface area contributed by atoms with E-state index < -0.39 is 0 Å². The van der Waals surface area contributed by atoms with Gasteiger partial charge in [-0.2, -0.15) is 0 Å². The van der Waals surface area contributed by atoms with Crippen LogP contribution in [0, 0.1) is 0 Å². The van der Waals surface area contributed by atoms with Crippen LogP contribution < -0.4 is 10.6 Å². The molecule has 5 nitrogen and oxygen atoms in total. The lowest BCUT2D eigenvalue weighted by molar-refractivity contribution is 0.206. The predicted molar refractivity (Wildman–Crippen MR) is 115 cm³/mol. The summed E-state index contributed by atoms with van der Waals surface area (Å²) >= 11 is 0. The summed E-state index contributed by atoms with van der Waals surface area (Å²) in [6.45, 7) is 10.9. The minimum atomic E-state index is 0. The number of likely N-dealkylation sites (tertiary alicyclic amines) is 2. The number of piperidine rings is 1. The van der Waals surface area contributed by atoms with Gasteiger partial charge >= 0.3 is 0 Å². The highest BCUT2D eigenvalue weighted by molar-refractivity contribution is 14.0. The van der Waals surface area contributed by atoms with Crippen molar-refractivity contribution in [1.82, 2.24) is 20.4 Å². The summed E-state index contributed by atoms with van der Waals surface area (Å²) in [5.41, 5.74) is 0. The van der Waals surface area contributed by atoms with Gasteiger partial charge in [-0.1, -0.05) is 6.92 Å². The van der Waals surface area contributed by atoms with Gasteiger partial charge in [-0.05, 0) is 71.1 Å². The van der Waals surface area contributed by atoms with E-state index in [-0.39, 0.29) is 24.0 Å². The van der Waals surface area contributed by atoms with Crippen LogP contribution in [0.25, 0.3) is 0 Å². The third-order valence-electron chi connectivity index (χ3n) is 5.08. The molecule has 2 rings (SSSR count). The maximum Gasteiger partial charge on any atom is 0.191 e. The molecule has 0 saturated carbocycles. The Hall–Kier alpha value is -0.0800. The highest BCUT2D eigenvalue weighted by Crippen LogP contribution is 2.10. The zero-order valence-corrected chi connectivity index (χ0v) is 18.1. The van der Waals surface area contributed by atoms with Crippen molar-refractivity contribution in [3.8, 4) is 0 Å². The van der Waals surface area contributed by atoms with Crippen LogP contribution in [0.2, 0.25) is 0 Å². The van der Waals surface area contributed by atoms with Crippen molar-refractivity contribution in [2.24, 2.45) is 4.99 Å². The molecule has 0 aromatic carbocycles. The van der Waals surface area contributed by atoms with Crippen molar-refractivity contribution < 1.29 is 0 Å². The summed E-state index contributed by atoms with van der Waals surface area (Å²) in [6.07, 6.45) is 9.04. The van der Waals surface area contributed by atoms with Gasteiger partial charge in [-0.3, -0.25) is 4.99 Å². The third kappa shape index (κ3) is 8.34. The first-order valence-corrected chi connectivity index (χ1v) is 9.73. The Labute approximate surface area is 166 Å². The lowest BCUT2D eigenvalue weighted by Gasteiger charge is -2.32. The summed E-state index contributed by atoms with van der Waals surface area (Å²) in [6, 6.07) is 0.582. The van der Waals surface area contributed by atoms with E-state index in [9.17, 15) is 0 Å². The van der Waals surface area contributed by atoms with Gasteiger partial charge in [0.25, 0.3) is 0 Å². The Morgan fingerprint density at radius 1 is 1.00 bits per heavy atom. The Morgan fingerprint density at radius 2 is 1.67 bits per heavy atom. The normalized spacial score (nSPS) is 20.8. The zero-order valence-electron chi connectivity index (χ0n) is 15.7. The van der Waals surface area contributed by atoms with Gasteiger partial charge in [0, 0.05) is 32.7 Å².